The van der Waals surface area contributed by atoms with Gasteiger partial charge in [0.2, 0.25) is 0 Å². The fourth-order valence-corrected chi connectivity index (χ4v) is 2.67. The van der Waals surface area contributed by atoms with Gasteiger partial charge in [-0.2, -0.15) is 0 Å². The Hall–Kier alpha value is -1.75. The molecule has 2 rings (SSSR count). The van der Waals surface area contributed by atoms with Crippen LogP contribution >= 0.6 is 0 Å². The molecule has 0 aromatic heterocycles. The van der Waals surface area contributed by atoms with Gasteiger partial charge < -0.3 is 20.9 Å². The van der Waals surface area contributed by atoms with Crippen LogP contribution in [-0.4, -0.2) is 24.4 Å². The van der Waals surface area contributed by atoms with Crippen LogP contribution in [0.1, 0.15) is 31.2 Å². The van der Waals surface area contributed by atoms with E-state index in [1.54, 1.807) is 7.11 Å². The lowest BCUT2D eigenvalue weighted by Crippen LogP contribution is -2.46. The highest BCUT2D eigenvalue weighted by atomic mass is 16.5. The number of nitrogens with two attached hydrogens (primary N) is 1. The Morgan fingerprint density at radius 1 is 1.47 bits per heavy atom. The highest BCUT2D eigenvalue weighted by Gasteiger charge is 2.33. The van der Waals surface area contributed by atoms with Crippen LogP contribution in [0, 0.1) is 0 Å². The van der Waals surface area contributed by atoms with Crippen LogP contribution < -0.4 is 15.8 Å². The van der Waals surface area contributed by atoms with Crippen LogP contribution in [-0.2, 0) is 5.54 Å². The van der Waals surface area contributed by atoms with Crippen molar-refractivity contribution >= 4 is 6.09 Å². The molecule has 1 amide bonds. The molecule has 0 atom stereocenters. The van der Waals surface area contributed by atoms with Crippen molar-refractivity contribution in [3.63, 3.8) is 0 Å². The summed E-state index contributed by atoms with van der Waals surface area (Å²) in [7, 11) is 1.63. The predicted octanol–water partition coefficient (Wildman–Crippen LogP) is 2.06. The standard InChI is InChI=1S/C14H20N2O3/c1-19-12-4-2-3-10(9-12)14(15)7-5-11(6-8-14)16-13(17)18/h2-4,9,11,16H,5-8,15H2,1H3,(H,17,18)/t11-,14-. The van der Waals surface area contributed by atoms with Gasteiger partial charge in [-0.3, -0.25) is 0 Å². The molecule has 0 aliphatic heterocycles. The summed E-state index contributed by atoms with van der Waals surface area (Å²) in [5, 5.41) is 11.3. The summed E-state index contributed by atoms with van der Waals surface area (Å²) < 4.78 is 5.22. The van der Waals surface area contributed by atoms with Crippen LogP contribution in [0.4, 0.5) is 4.79 Å². The van der Waals surface area contributed by atoms with Crippen molar-refractivity contribution in [2.75, 3.05) is 7.11 Å². The Kier molecular flexibility index (Phi) is 3.95. The largest absolute Gasteiger partial charge is 0.497 e. The van der Waals surface area contributed by atoms with E-state index in [-0.39, 0.29) is 11.6 Å². The minimum absolute atomic E-state index is 0.0137. The molecular weight excluding hydrogens is 244 g/mol. The molecule has 1 aromatic rings. The summed E-state index contributed by atoms with van der Waals surface area (Å²) in [5.74, 6) is 0.799. The van der Waals surface area contributed by atoms with Crippen molar-refractivity contribution in [2.45, 2.75) is 37.3 Å². The third-order valence-electron chi connectivity index (χ3n) is 3.85. The number of hydrogen-bond donors (Lipinski definition) is 3. The minimum Gasteiger partial charge on any atom is -0.497 e. The number of hydrogen-bond acceptors (Lipinski definition) is 3. The Morgan fingerprint density at radius 2 is 2.16 bits per heavy atom. The maximum absolute atomic E-state index is 10.6. The molecule has 0 saturated heterocycles. The number of nitrogens with one attached hydrogen (secondary N) is 1. The first-order chi connectivity index (χ1) is 9.03. The molecule has 1 saturated carbocycles. The summed E-state index contributed by atoms with van der Waals surface area (Å²) in [6.07, 6.45) is 2.10. The Morgan fingerprint density at radius 3 is 2.74 bits per heavy atom. The van der Waals surface area contributed by atoms with Gasteiger partial charge in [0.25, 0.3) is 0 Å². The maximum atomic E-state index is 10.6. The lowest BCUT2D eigenvalue weighted by molar-refractivity contribution is 0.178. The van der Waals surface area contributed by atoms with Crippen molar-refractivity contribution in [1.82, 2.24) is 5.32 Å². The highest BCUT2D eigenvalue weighted by molar-refractivity contribution is 5.64. The average Bonchev–Trinajstić information content (AvgIpc) is 2.41. The minimum atomic E-state index is -0.962. The third-order valence-corrected chi connectivity index (χ3v) is 3.85. The smallest absolute Gasteiger partial charge is 0.404 e. The molecule has 0 heterocycles. The van der Waals surface area contributed by atoms with E-state index in [9.17, 15) is 4.79 Å². The highest BCUT2D eigenvalue weighted by Crippen LogP contribution is 2.36. The van der Waals surface area contributed by atoms with Crippen LogP contribution in [0.2, 0.25) is 0 Å². The van der Waals surface area contributed by atoms with Gasteiger partial charge in [-0.15, -0.1) is 0 Å². The van der Waals surface area contributed by atoms with Crippen molar-refractivity contribution < 1.29 is 14.6 Å². The van der Waals surface area contributed by atoms with E-state index in [0.717, 1.165) is 37.0 Å². The van der Waals surface area contributed by atoms with Gasteiger partial charge in [0.15, 0.2) is 0 Å². The predicted molar refractivity (Wildman–Crippen MR) is 72.3 cm³/mol. The van der Waals surface area contributed by atoms with E-state index in [0.29, 0.717) is 0 Å². The Balaban J connectivity index is 2.06. The molecule has 0 bridgehead atoms. The number of carbonyl (C=O) groups is 1. The van der Waals surface area contributed by atoms with Gasteiger partial charge in [0.05, 0.1) is 7.11 Å². The molecule has 0 spiro atoms. The van der Waals surface area contributed by atoms with Gasteiger partial charge in [0, 0.05) is 11.6 Å². The third kappa shape index (κ3) is 3.17. The number of carboxylic acid groups (broad SMARTS) is 1. The molecule has 5 heteroatoms. The Labute approximate surface area is 112 Å². The van der Waals surface area contributed by atoms with Crippen LogP contribution in [0.5, 0.6) is 5.75 Å². The number of methoxy groups -OCH3 is 1. The van der Waals surface area contributed by atoms with E-state index in [1.807, 2.05) is 24.3 Å². The zero-order valence-electron chi connectivity index (χ0n) is 11.1. The summed E-state index contributed by atoms with van der Waals surface area (Å²) >= 11 is 0. The van der Waals surface area contributed by atoms with Crippen molar-refractivity contribution in [3.05, 3.63) is 29.8 Å². The topological polar surface area (TPSA) is 84.6 Å². The van der Waals surface area contributed by atoms with Gasteiger partial charge in [-0.25, -0.2) is 4.79 Å². The lowest BCUT2D eigenvalue weighted by atomic mass is 9.75. The van der Waals surface area contributed by atoms with Crippen molar-refractivity contribution in [3.8, 4) is 5.75 Å². The van der Waals surface area contributed by atoms with Gasteiger partial charge in [0.1, 0.15) is 5.75 Å². The van der Waals surface area contributed by atoms with Gasteiger partial charge in [-0.1, -0.05) is 12.1 Å². The second-order valence-electron chi connectivity index (χ2n) is 5.11. The summed E-state index contributed by atoms with van der Waals surface area (Å²) in [6.45, 7) is 0. The van der Waals surface area contributed by atoms with Crippen molar-refractivity contribution in [1.29, 1.82) is 0 Å². The second kappa shape index (κ2) is 5.48. The molecule has 1 aromatic carbocycles. The lowest BCUT2D eigenvalue weighted by Gasteiger charge is -2.37. The zero-order valence-corrected chi connectivity index (χ0v) is 11.1. The van der Waals surface area contributed by atoms with Crippen LogP contribution in [0.25, 0.3) is 0 Å². The number of amides is 1. The van der Waals surface area contributed by atoms with E-state index in [1.165, 1.54) is 0 Å². The quantitative estimate of drug-likeness (QED) is 0.780. The molecule has 1 fully saturated rings. The summed E-state index contributed by atoms with van der Waals surface area (Å²) in [5.41, 5.74) is 7.14. The molecule has 19 heavy (non-hydrogen) atoms. The molecule has 0 radical (unpaired) electrons. The maximum Gasteiger partial charge on any atom is 0.404 e. The van der Waals surface area contributed by atoms with E-state index in [2.05, 4.69) is 5.32 Å². The Bertz CT molecular complexity index is 454. The second-order valence-corrected chi connectivity index (χ2v) is 5.11. The van der Waals surface area contributed by atoms with Crippen LogP contribution in [0.3, 0.4) is 0 Å². The van der Waals surface area contributed by atoms with Gasteiger partial charge >= 0.3 is 6.09 Å². The van der Waals surface area contributed by atoms with E-state index < -0.39 is 6.09 Å². The molecule has 1 aliphatic rings. The monoisotopic (exact) mass is 264 g/mol. The molecular formula is C14H20N2O3. The molecule has 1 aliphatic carbocycles. The SMILES string of the molecule is COc1cccc([C@]2(N)CC[C@H](NC(=O)O)CC2)c1. The summed E-state index contributed by atoms with van der Waals surface area (Å²) in [6, 6.07) is 7.81. The summed E-state index contributed by atoms with van der Waals surface area (Å²) in [4.78, 5) is 10.6. The molecule has 104 valence electrons. The fraction of sp³-hybridized carbons (Fsp3) is 0.500. The molecule has 4 N–H and O–H groups in total. The first-order valence-corrected chi connectivity index (χ1v) is 6.46. The van der Waals surface area contributed by atoms with E-state index >= 15 is 0 Å². The van der Waals surface area contributed by atoms with Crippen LogP contribution in [0.15, 0.2) is 24.3 Å². The average molecular weight is 264 g/mol. The zero-order chi connectivity index (χ0) is 13.9. The fourth-order valence-electron chi connectivity index (χ4n) is 2.67. The number of ether oxygens (including phenoxy) is 1. The molecule has 0 unspecified atom stereocenters. The molecule has 5 nitrogen and oxygen atoms in total. The van der Waals surface area contributed by atoms with Gasteiger partial charge in [-0.05, 0) is 43.4 Å². The van der Waals surface area contributed by atoms with Crippen molar-refractivity contribution in [2.24, 2.45) is 5.73 Å². The normalized spacial score (nSPS) is 26.7. The first-order valence-electron chi connectivity index (χ1n) is 6.46. The van der Waals surface area contributed by atoms with E-state index in [4.69, 9.17) is 15.6 Å². The first kappa shape index (κ1) is 13.7. The number of rotatable bonds is 3. The number of benzene rings is 1.